The summed E-state index contributed by atoms with van der Waals surface area (Å²) >= 11 is 0. The molecule has 0 atom stereocenters. The SMILES string of the molecule is FC(F)Oc1ccc(-c2cc(-c3ccc(OC(F)F)cc3)n(Cc3cccc(C(F)(F)F)c3)n2)cc1. The molecule has 1 heterocycles. The highest BCUT2D eigenvalue weighted by molar-refractivity contribution is 5.69. The van der Waals surface area contributed by atoms with Gasteiger partial charge >= 0.3 is 19.4 Å². The Morgan fingerprint density at radius 2 is 1.28 bits per heavy atom. The Morgan fingerprint density at radius 3 is 1.81 bits per heavy atom. The molecule has 0 saturated heterocycles. The highest BCUT2D eigenvalue weighted by Crippen LogP contribution is 2.32. The maximum Gasteiger partial charge on any atom is 0.416 e. The van der Waals surface area contributed by atoms with Crippen molar-refractivity contribution in [3.63, 3.8) is 0 Å². The minimum Gasteiger partial charge on any atom is -0.435 e. The van der Waals surface area contributed by atoms with Crippen LogP contribution in [0.1, 0.15) is 11.1 Å². The molecule has 0 aliphatic carbocycles. The second-order valence-electron chi connectivity index (χ2n) is 7.58. The molecule has 0 amide bonds. The van der Waals surface area contributed by atoms with E-state index < -0.39 is 25.0 Å². The van der Waals surface area contributed by atoms with Gasteiger partial charge in [-0.05, 0) is 72.3 Å². The maximum atomic E-state index is 13.2. The van der Waals surface area contributed by atoms with Gasteiger partial charge in [0.1, 0.15) is 11.5 Å². The van der Waals surface area contributed by atoms with E-state index in [1.165, 1.54) is 65.3 Å². The Labute approximate surface area is 200 Å². The van der Waals surface area contributed by atoms with Gasteiger partial charge in [0.05, 0.1) is 23.5 Å². The Hall–Kier alpha value is -4.02. The van der Waals surface area contributed by atoms with Gasteiger partial charge in [-0.15, -0.1) is 0 Å². The van der Waals surface area contributed by atoms with Gasteiger partial charge in [0, 0.05) is 11.1 Å². The minimum absolute atomic E-state index is 0.0267. The zero-order valence-corrected chi connectivity index (χ0v) is 18.2. The van der Waals surface area contributed by atoms with Crippen LogP contribution in [-0.4, -0.2) is 23.0 Å². The first-order chi connectivity index (χ1) is 17.1. The molecule has 0 saturated carbocycles. The molecule has 3 aromatic carbocycles. The lowest BCUT2D eigenvalue weighted by Gasteiger charge is -2.11. The highest BCUT2D eigenvalue weighted by atomic mass is 19.4. The molecule has 0 N–H and O–H groups in total. The van der Waals surface area contributed by atoms with Crippen molar-refractivity contribution in [3.05, 3.63) is 90.0 Å². The molecule has 1 aromatic heterocycles. The topological polar surface area (TPSA) is 36.3 Å². The summed E-state index contributed by atoms with van der Waals surface area (Å²) in [6, 6.07) is 17.8. The first-order valence-corrected chi connectivity index (χ1v) is 10.4. The van der Waals surface area contributed by atoms with E-state index in [4.69, 9.17) is 0 Å². The third kappa shape index (κ3) is 6.15. The molecule has 0 unspecified atom stereocenters. The number of hydrogen-bond acceptors (Lipinski definition) is 3. The molecule has 188 valence electrons. The lowest BCUT2D eigenvalue weighted by Crippen LogP contribution is -2.08. The molecule has 4 nitrogen and oxygen atoms in total. The predicted octanol–water partition coefficient (Wildman–Crippen LogP) is 7.49. The standard InChI is InChI=1S/C25H17F7N2O2/c26-23(27)35-19-8-4-16(5-9-19)21-13-22(17-6-10-20(11-7-17)36-24(28)29)34(33-21)14-15-2-1-3-18(12-15)25(30,31)32/h1-13,23-24H,14H2. The maximum absolute atomic E-state index is 13.2. The summed E-state index contributed by atoms with van der Waals surface area (Å²) in [7, 11) is 0. The van der Waals surface area contributed by atoms with Gasteiger partial charge in [-0.3, -0.25) is 4.68 Å². The number of alkyl halides is 7. The first-order valence-electron chi connectivity index (χ1n) is 10.4. The van der Waals surface area contributed by atoms with E-state index in [-0.39, 0.29) is 18.0 Å². The zero-order chi connectivity index (χ0) is 25.9. The quantitative estimate of drug-likeness (QED) is 0.231. The Balaban J connectivity index is 1.71. The molecule has 0 fully saturated rings. The van der Waals surface area contributed by atoms with Gasteiger partial charge in [-0.1, -0.05) is 12.1 Å². The number of hydrogen-bond donors (Lipinski definition) is 0. The molecule has 0 bridgehead atoms. The number of ether oxygens (including phenoxy) is 2. The van der Waals surface area contributed by atoms with Crippen molar-refractivity contribution >= 4 is 0 Å². The van der Waals surface area contributed by atoms with Crippen molar-refractivity contribution in [1.29, 1.82) is 0 Å². The van der Waals surface area contributed by atoms with Crippen molar-refractivity contribution in [1.82, 2.24) is 9.78 Å². The molecule has 0 spiro atoms. The van der Waals surface area contributed by atoms with Gasteiger partial charge in [-0.25, -0.2) is 0 Å². The fourth-order valence-corrected chi connectivity index (χ4v) is 3.54. The van der Waals surface area contributed by atoms with Crippen LogP contribution in [0.4, 0.5) is 30.7 Å². The van der Waals surface area contributed by atoms with Crippen molar-refractivity contribution in [2.75, 3.05) is 0 Å². The number of halogens is 7. The average Bonchev–Trinajstić information content (AvgIpc) is 3.22. The molecule has 0 radical (unpaired) electrons. The van der Waals surface area contributed by atoms with Crippen molar-refractivity contribution in [2.24, 2.45) is 0 Å². The molecule has 11 heteroatoms. The summed E-state index contributed by atoms with van der Waals surface area (Å²) in [5.74, 6) is -0.112. The fraction of sp³-hybridized carbons (Fsp3) is 0.160. The van der Waals surface area contributed by atoms with Crippen molar-refractivity contribution in [3.8, 4) is 34.0 Å². The third-order valence-corrected chi connectivity index (χ3v) is 5.12. The van der Waals surface area contributed by atoms with E-state index in [0.717, 1.165) is 12.1 Å². The predicted molar refractivity (Wildman–Crippen MR) is 117 cm³/mol. The summed E-state index contributed by atoms with van der Waals surface area (Å²) < 4.78 is 99.5. The van der Waals surface area contributed by atoms with Crippen molar-refractivity contribution < 1.29 is 40.2 Å². The summed E-state index contributed by atoms with van der Waals surface area (Å²) in [5, 5.41) is 4.50. The Bertz CT molecular complexity index is 1300. The molecule has 36 heavy (non-hydrogen) atoms. The molecule has 4 aromatic rings. The fourth-order valence-electron chi connectivity index (χ4n) is 3.54. The normalized spacial score (nSPS) is 11.8. The number of nitrogens with zero attached hydrogens (tertiary/aromatic N) is 2. The third-order valence-electron chi connectivity index (χ3n) is 5.12. The van der Waals surface area contributed by atoms with Crippen LogP contribution < -0.4 is 9.47 Å². The van der Waals surface area contributed by atoms with Gasteiger partial charge in [-0.2, -0.15) is 35.8 Å². The van der Waals surface area contributed by atoms with E-state index >= 15 is 0 Å². The van der Waals surface area contributed by atoms with Gasteiger partial charge < -0.3 is 9.47 Å². The smallest absolute Gasteiger partial charge is 0.416 e. The Kier molecular flexibility index (Phi) is 7.18. The summed E-state index contributed by atoms with van der Waals surface area (Å²) in [4.78, 5) is 0. The summed E-state index contributed by atoms with van der Waals surface area (Å²) in [5.41, 5.74) is 1.50. The van der Waals surface area contributed by atoms with Gasteiger partial charge in [0.2, 0.25) is 0 Å². The van der Waals surface area contributed by atoms with Crippen LogP contribution in [0, 0.1) is 0 Å². The highest BCUT2D eigenvalue weighted by Gasteiger charge is 2.30. The van der Waals surface area contributed by atoms with Crippen LogP contribution >= 0.6 is 0 Å². The van der Waals surface area contributed by atoms with E-state index in [9.17, 15) is 30.7 Å². The van der Waals surface area contributed by atoms with E-state index in [1.807, 2.05) is 0 Å². The molecular formula is C25H17F7N2O2. The molecule has 0 aliphatic rings. The summed E-state index contributed by atoms with van der Waals surface area (Å²) in [6.45, 7) is -6.00. The van der Waals surface area contributed by atoms with Crippen LogP contribution in [0.25, 0.3) is 22.5 Å². The van der Waals surface area contributed by atoms with Crippen LogP contribution in [0.15, 0.2) is 78.9 Å². The Morgan fingerprint density at radius 1 is 0.722 bits per heavy atom. The van der Waals surface area contributed by atoms with Crippen LogP contribution in [0.2, 0.25) is 0 Å². The van der Waals surface area contributed by atoms with Crippen molar-refractivity contribution in [2.45, 2.75) is 25.9 Å². The largest absolute Gasteiger partial charge is 0.435 e. The number of rotatable bonds is 8. The lowest BCUT2D eigenvalue weighted by molar-refractivity contribution is -0.137. The first kappa shape index (κ1) is 25.1. The molecule has 0 aliphatic heterocycles. The van der Waals surface area contributed by atoms with Crippen LogP contribution in [0.3, 0.4) is 0 Å². The van der Waals surface area contributed by atoms with E-state index in [2.05, 4.69) is 14.6 Å². The van der Waals surface area contributed by atoms with Crippen LogP contribution in [0.5, 0.6) is 11.5 Å². The monoisotopic (exact) mass is 510 g/mol. The van der Waals surface area contributed by atoms with Gasteiger partial charge in [0.15, 0.2) is 0 Å². The average molecular weight is 510 g/mol. The molecule has 4 rings (SSSR count). The second-order valence-corrected chi connectivity index (χ2v) is 7.58. The zero-order valence-electron chi connectivity index (χ0n) is 18.2. The molecular weight excluding hydrogens is 493 g/mol. The van der Waals surface area contributed by atoms with Crippen LogP contribution in [-0.2, 0) is 12.7 Å². The second kappa shape index (κ2) is 10.3. The number of benzene rings is 3. The minimum atomic E-state index is -4.52. The number of aromatic nitrogens is 2. The lowest BCUT2D eigenvalue weighted by atomic mass is 10.1. The van der Waals surface area contributed by atoms with E-state index in [1.54, 1.807) is 6.07 Å². The van der Waals surface area contributed by atoms with E-state index in [0.29, 0.717) is 28.1 Å². The summed E-state index contributed by atoms with van der Waals surface area (Å²) in [6.07, 6.45) is -4.52. The van der Waals surface area contributed by atoms with Gasteiger partial charge in [0.25, 0.3) is 0 Å².